The third-order valence-corrected chi connectivity index (χ3v) is 15.0. The zero-order valence-electron chi connectivity index (χ0n) is 35.5. The van der Waals surface area contributed by atoms with E-state index in [1.165, 1.54) is 36.6 Å². The number of imide groups is 1. The van der Waals surface area contributed by atoms with E-state index in [0.29, 0.717) is 43.0 Å². The molecule has 6 aliphatic heterocycles. The van der Waals surface area contributed by atoms with Crippen LogP contribution in [-0.4, -0.2) is 124 Å². The number of nitrogens with one attached hydrogen (secondary N) is 2. The number of benzene rings is 2. The van der Waals surface area contributed by atoms with Crippen LogP contribution in [0.4, 0.5) is 16.0 Å². The number of piperidine rings is 1. The molecule has 4 aromatic rings. The summed E-state index contributed by atoms with van der Waals surface area (Å²) in [6.07, 6.45) is 10.3. The molecule has 1 spiro atoms. The number of anilines is 2. The standard InChI is InChI=1S/C47H56FN9O4/c1-28-18-34-32-6-4-5-7-36(32)51-40(34)41(57(28)25-46(2,3)48)30-19-49-45(50-20-30)54-26-47(27-54)14-12-29(13-15-47)21-53-16-17-55-31(22-53)24-61-42-35-23-56(38-10-11-39(58)52-43(38)59)44(60)33(35)8-9-37(42)55/h4-9,19-20,28-29,31,38,41,51H,10-18,21-27H2,1-3H3,(H,52,58,59)/t28-,31-,38?,41-/m1/s1. The fourth-order valence-electron chi connectivity index (χ4n) is 12.0. The number of hydrogen-bond donors (Lipinski definition) is 2. The van der Waals surface area contributed by atoms with Gasteiger partial charge in [-0.25, -0.2) is 14.4 Å². The number of fused-ring (bicyclic) bond motifs is 8. The van der Waals surface area contributed by atoms with E-state index in [2.05, 4.69) is 61.1 Å². The second-order valence-electron chi connectivity index (χ2n) is 19.8. The number of amides is 3. The van der Waals surface area contributed by atoms with Gasteiger partial charge in [-0.05, 0) is 89.0 Å². The Morgan fingerprint density at radius 2 is 1.75 bits per heavy atom. The average Bonchev–Trinajstić information content (AvgIpc) is 3.77. The van der Waals surface area contributed by atoms with E-state index in [1.54, 1.807) is 18.7 Å². The fourth-order valence-corrected chi connectivity index (χ4v) is 12.0. The third kappa shape index (κ3) is 6.75. The van der Waals surface area contributed by atoms with Gasteiger partial charge in [0.15, 0.2) is 0 Å². The highest BCUT2D eigenvalue weighted by Crippen LogP contribution is 2.48. The lowest BCUT2D eigenvalue weighted by molar-refractivity contribution is -0.136. The van der Waals surface area contributed by atoms with Crippen molar-refractivity contribution in [1.82, 2.24) is 35.0 Å². The lowest BCUT2D eigenvalue weighted by Gasteiger charge is -2.54. The van der Waals surface area contributed by atoms with E-state index in [4.69, 9.17) is 14.7 Å². The number of ether oxygens (including phenoxy) is 1. The Morgan fingerprint density at radius 3 is 2.52 bits per heavy atom. The molecule has 1 unspecified atom stereocenters. The Morgan fingerprint density at radius 1 is 0.967 bits per heavy atom. The first-order chi connectivity index (χ1) is 29.4. The molecular formula is C47H56FN9O4. The zero-order chi connectivity index (χ0) is 41.8. The van der Waals surface area contributed by atoms with Crippen molar-refractivity contribution < 1.29 is 23.5 Å². The molecule has 320 valence electrons. The summed E-state index contributed by atoms with van der Waals surface area (Å²) in [5, 5.41) is 3.64. The predicted molar refractivity (Wildman–Crippen MR) is 229 cm³/mol. The topological polar surface area (TPSA) is 130 Å². The van der Waals surface area contributed by atoms with Crippen LogP contribution in [0.3, 0.4) is 0 Å². The van der Waals surface area contributed by atoms with Crippen LogP contribution in [-0.2, 0) is 22.6 Å². The number of para-hydroxylation sites is 1. The molecule has 2 N–H and O–H groups in total. The Labute approximate surface area is 356 Å². The fraction of sp³-hybridized carbons (Fsp3) is 0.553. The maximum Gasteiger partial charge on any atom is 0.255 e. The van der Waals surface area contributed by atoms with Crippen molar-refractivity contribution in [3.05, 3.63) is 76.7 Å². The van der Waals surface area contributed by atoms with E-state index in [-0.39, 0.29) is 36.4 Å². The number of piperazine rings is 1. The third-order valence-electron chi connectivity index (χ3n) is 15.0. The number of nitrogens with zero attached hydrogens (tertiary/aromatic N) is 7. The molecule has 3 saturated heterocycles. The van der Waals surface area contributed by atoms with Crippen molar-refractivity contribution in [3.8, 4) is 5.75 Å². The molecule has 4 fully saturated rings. The Hall–Kier alpha value is -5.08. The lowest BCUT2D eigenvalue weighted by Crippen LogP contribution is -2.59. The number of hydrogen-bond acceptors (Lipinski definition) is 10. The minimum atomic E-state index is -1.34. The van der Waals surface area contributed by atoms with Crippen LogP contribution in [0.2, 0.25) is 0 Å². The van der Waals surface area contributed by atoms with Gasteiger partial charge in [-0.3, -0.25) is 29.5 Å². The second-order valence-corrected chi connectivity index (χ2v) is 19.8. The van der Waals surface area contributed by atoms with Gasteiger partial charge in [0.05, 0.1) is 24.3 Å². The number of carbonyl (C=O) groups excluding carboxylic acids is 3. The SMILES string of the molecule is C[C@@H]1Cc2c([nH]c3ccccc23)[C@@H](c2cnc(N3CC4(CCC(CN5CCN6c7ccc8c(c7OC[C@H]6C5)CN(C5CCC(=O)NC5=O)C8=O)CC4)C3)nc2)N1CC(C)(C)F. The molecule has 8 heterocycles. The average molecular weight is 830 g/mol. The Balaban J connectivity index is 0.694. The number of rotatable bonds is 7. The number of aromatic nitrogens is 3. The van der Waals surface area contributed by atoms with Crippen molar-refractivity contribution in [2.45, 2.75) is 102 Å². The van der Waals surface area contributed by atoms with Gasteiger partial charge >= 0.3 is 0 Å². The molecular weight excluding hydrogens is 774 g/mol. The maximum atomic E-state index is 15.2. The molecule has 11 rings (SSSR count). The summed E-state index contributed by atoms with van der Waals surface area (Å²) in [7, 11) is 0. The molecule has 13 nitrogen and oxygen atoms in total. The van der Waals surface area contributed by atoms with Crippen molar-refractivity contribution in [2.75, 3.05) is 62.2 Å². The first-order valence-electron chi connectivity index (χ1n) is 22.4. The van der Waals surface area contributed by atoms with Gasteiger partial charge in [-0.1, -0.05) is 18.2 Å². The smallest absolute Gasteiger partial charge is 0.255 e. The van der Waals surface area contributed by atoms with Crippen molar-refractivity contribution >= 4 is 40.3 Å². The van der Waals surface area contributed by atoms with Gasteiger partial charge < -0.3 is 24.4 Å². The molecule has 0 bridgehead atoms. The van der Waals surface area contributed by atoms with E-state index in [9.17, 15) is 14.4 Å². The number of alkyl halides is 1. The Kier molecular flexibility index (Phi) is 9.23. The number of aromatic amines is 1. The summed E-state index contributed by atoms with van der Waals surface area (Å²) >= 11 is 0. The summed E-state index contributed by atoms with van der Waals surface area (Å²) in [6, 6.07) is 12.0. The van der Waals surface area contributed by atoms with Crippen LogP contribution >= 0.6 is 0 Å². The molecule has 14 heteroatoms. The predicted octanol–water partition coefficient (Wildman–Crippen LogP) is 5.38. The van der Waals surface area contributed by atoms with Gasteiger partial charge in [0.1, 0.15) is 24.1 Å². The van der Waals surface area contributed by atoms with Gasteiger partial charge in [-0.15, -0.1) is 0 Å². The van der Waals surface area contributed by atoms with Crippen LogP contribution in [0.25, 0.3) is 10.9 Å². The highest BCUT2D eigenvalue weighted by molar-refractivity contribution is 6.06. The summed E-state index contributed by atoms with van der Waals surface area (Å²) in [6.45, 7) is 12.7. The molecule has 2 aromatic heterocycles. The monoisotopic (exact) mass is 829 g/mol. The van der Waals surface area contributed by atoms with E-state index >= 15 is 4.39 Å². The molecule has 1 saturated carbocycles. The Bertz CT molecular complexity index is 2400. The van der Waals surface area contributed by atoms with Crippen LogP contribution in [0.5, 0.6) is 5.75 Å². The number of carbonyl (C=O) groups is 3. The summed E-state index contributed by atoms with van der Waals surface area (Å²) in [5.74, 6) is 1.38. The molecule has 61 heavy (non-hydrogen) atoms. The number of halogens is 1. The van der Waals surface area contributed by atoms with E-state index in [1.807, 2.05) is 24.5 Å². The highest BCUT2D eigenvalue weighted by atomic mass is 19.1. The minimum absolute atomic E-state index is 0.148. The molecule has 3 amide bonds. The summed E-state index contributed by atoms with van der Waals surface area (Å²) < 4.78 is 21.7. The quantitative estimate of drug-likeness (QED) is 0.234. The molecule has 4 atom stereocenters. The highest BCUT2D eigenvalue weighted by Gasteiger charge is 2.48. The molecule has 2 aromatic carbocycles. The van der Waals surface area contributed by atoms with Crippen molar-refractivity contribution in [3.63, 3.8) is 0 Å². The van der Waals surface area contributed by atoms with Crippen LogP contribution in [0.1, 0.15) is 98.1 Å². The molecule has 7 aliphatic rings. The van der Waals surface area contributed by atoms with Crippen LogP contribution in [0.15, 0.2) is 48.8 Å². The van der Waals surface area contributed by atoms with Gasteiger partial charge in [-0.2, -0.15) is 0 Å². The maximum absolute atomic E-state index is 15.2. The second kappa shape index (κ2) is 14.5. The van der Waals surface area contributed by atoms with Crippen molar-refractivity contribution in [2.24, 2.45) is 11.3 Å². The summed E-state index contributed by atoms with van der Waals surface area (Å²) in [4.78, 5) is 62.6. The summed E-state index contributed by atoms with van der Waals surface area (Å²) in [5.41, 5.74) is 6.02. The molecule has 0 radical (unpaired) electrons. The largest absolute Gasteiger partial charge is 0.489 e. The molecule has 1 aliphatic carbocycles. The first-order valence-corrected chi connectivity index (χ1v) is 22.4. The van der Waals surface area contributed by atoms with Crippen LogP contribution < -0.4 is 19.9 Å². The lowest BCUT2D eigenvalue weighted by atomic mass is 9.66. The van der Waals surface area contributed by atoms with Crippen molar-refractivity contribution in [1.29, 1.82) is 0 Å². The number of H-pyrrole nitrogens is 1. The zero-order valence-corrected chi connectivity index (χ0v) is 35.5. The van der Waals surface area contributed by atoms with Gasteiger partial charge in [0.2, 0.25) is 17.8 Å². The van der Waals surface area contributed by atoms with Gasteiger partial charge in [0.25, 0.3) is 5.91 Å². The van der Waals surface area contributed by atoms with E-state index < -0.39 is 17.6 Å². The first kappa shape index (κ1) is 38.8. The van der Waals surface area contributed by atoms with E-state index in [0.717, 1.165) is 85.4 Å². The minimum Gasteiger partial charge on any atom is -0.489 e. The normalized spacial score (nSPS) is 26.8. The van der Waals surface area contributed by atoms with Crippen LogP contribution in [0, 0.1) is 11.3 Å². The van der Waals surface area contributed by atoms with Gasteiger partial charge in [0, 0.05) is 109 Å².